The molecule has 0 radical (unpaired) electrons. The summed E-state index contributed by atoms with van der Waals surface area (Å²) in [6.07, 6.45) is 1.36. The van der Waals surface area contributed by atoms with Crippen molar-refractivity contribution >= 4 is 46.7 Å². The fraction of sp³-hybridized carbons (Fsp3) is 0.478. The van der Waals surface area contributed by atoms with E-state index >= 15 is 0 Å². The van der Waals surface area contributed by atoms with Gasteiger partial charge in [-0.25, -0.2) is 4.79 Å². The largest absolute Gasteiger partial charge is 0.444 e. The van der Waals surface area contributed by atoms with Crippen LogP contribution in [0.25, 0.3) is 6.08 Å². The highest BCUT2D eigenvalue weighted by atomic mass is 32.2. The Labute approximate surface area is 197 Å². The van der Waals surface area contributed by atoms with Crippen molar-refractivity contribution in [2.24, 2.45) is 5.92 Å². The lowest BCUT2D eigenvalue weighted by atomic mass is 9.98. The van der Waals surface area contributed by atoms with Gasteiger partial charge in [-0.1, -0.05) is 18.2 Å². The van der Waals surface area contributed by atoms with E-state index in [1.807, 2.05) is 49.9 Å². The highest BCUT2D eigenvalue weighted by Gasteiger charge is 2.40. The molecular weight excluding hydrogens is 444 g/mol. The maximum atomic E-state index is 12.9. The van der Waals surface area contributed by atoms with Crippen molar-refractivity contribution in [3.63, 3.8) is 0 Å². The van der Waals surface area contributed by atoms with E-state index in [9.17, 15) is 19.2 Å². The Morgan fingerprint density at radius 1 is 1.06 bits per heavy atom. The van der Waals surface area contributed by atoms with E-state index in [0.717, 1.165) is 23.0 Å². The lowest BCUT2D eigenvalue weighted by Gasteiger charge is -2.43. The molecule has 0 bridgehead atoms. The van der Waals surface area contributed by atoms with Crippen molar-refractivity contribution in [3.8, 4) is 0 Å². The van der Waals surface area contributed by atoms with Gasteiger partial charge in [0, 0.05) is 45.0 Å². The van der Waals surface area contributed by atoms with Crippen LogP contribution in [0.3, 0.4) is 0 Å². The highest BCUT2D eigenvalue weighted by Crippen LogP contribution is 2.30. The van der Waals surface area contributed by atoms with Crippen molar-refractivity contribution in [2.75, 3.05) is 44.2 Å². The van der Waals surface area contributed by atoms with E-state index in [2.05, 4.69) is 10.2 Å². The number of nitrogens with zero attached hydrogens (tertiary/aromatic N) is 3. The predicted octanol–water partition coefficient (Wildman–Crippen LogP) is 2.53. The molecular formula is C23H28N4O5S. The number of piperazine rings is 1. The molecule has 3 saturated heterocycles. The number of hydrogen-bond acceptors (Lipinski definition) is 7. The van der Waals surface area contributed by atoms with Crippen LogP contribution >= 0.6 is 11.8 Å². The Hall–Kier alpha value is -3.01. The normalized spacial score (nSPS) is 20.7. The predicted molar refractivity (Wildman–Crippen MR) is 126 cm³/mol. The first-order valence-corrected chi connectivity index (χ1v) is 11.8. The maximum Gasteiger partial charge on any atom is 0.410 e. The lowest BCUT2D eigenvalue weighted by Crippen LogP contribution is -2.59. The summed E-state index contributed by atoms with van der Waals surface area (Å²) >= 11 is 0.898. The summed E-state index contributed by atoms with van der Waals surface area (Å²) in [5.74, 6) is -0.491. The number of likely N-dealkylation sites (tertiary alicyclic amines) is 1. The van der Waals surface area contributed by atoms with Crippen molar-refractivity contribution in [1.82, 2.24) is 15.1 Å². The van der Waals surface area contributed by atoms with E-state index in [-0.39, 0.29) is 29.1 Å². The molecule has 0 saturated carbocycles. The molecule has 0 spiro atoms. The average Bonchev–Trinajstić information content (AvgIpc) is 3.02. The maximum absolute atomic E-state index is 12.9. The smallest absolute Gasteiger partial charge is 0.410 e. The lowest BCUT2D eigenvalue weighted by molar-refractivity contribution is -0.140. The fourth-order valence-corrected chi connectivity index (χ4v) is 4.67. The first-order valence-electron chi connectivity index (χ1n) is 11.0. The van der Waals surface area contributed by atoms with Crippen molar-refractivity contribution in [2.45, 2.75) is 26.4 Å². The van der Waals surface area contributed by atoms with E-state index < -0.39 is 5.60 Å². The zero-order valence-electron chi connectivity index (χ0n) is 19.0. The Kier molecular flexibility index (Phi) is 6.38. The summed E-state index contributed by atoms with van der Waals surface area (Å²) in [5, 5.41) is 1.91. The number of ether oxygens (including phenoxy) is 1. The second-order valence-electron chi connectivity index (χ2n) is 9.31. The molecule has 3 aliphatic rings. The zero-order chi connectivity index (χ0) is 23.8. The minimum atomic E-state index is -0.551. The van der Waals surface area contributed by atoms with E-state index in [1.54, 1.807) is 11.0 Å². The third-order valence-electron chi connectivity index (χ3n) is 5.68. The van der Waals surface area contributed by atoms with Crippen LogP contribution in [-0.2, 0) is 14.3 Å². The SMILES string of the molecule is CC(C)(C)OC(=O)N1CC(C(=O)N2CCN(c3ccccc3/C=C3\SC(=O)NC3=O)CC2)C1. The van der Waals surface area contributed by atoms with Crippen LogP contribution in [-0.4, -0.2) is 77.8 Å². The third kappa shape index (κ3) is 5.32. The van der Waals surface area contributed by atoms with Crippen LogP contribution in [0.1, 0.15) is 26.3 Å². The van der Waals surface area contributed by atoms with Gasteiger partial charge in [-0.15, -0.1) is 0 Å². The summed E-state index contributed by atoms with van der Waals surface area (Å²) < 4.78 is 5.36. The number of rotatable bonds is 3. The fourth-order valence-electron chi connectivity index (χ4n) is 4.00. The minimum absolute atomic E-state index is 0.0717. The first-order chi connectivity index (χ1) is 15.6. The Morgan fingerprint density at radius 2 is 1.73 bits per heavy atom. The average molecular weight is 473 g/mol. The summed E-state index contributed by atoms with van der Waals surface area (Å²) in [6, 6.07) is 7.72. The molecule has 176 valence electrons. The number of thioether (sulfide) groups is 1. The molecule has 9 nitrogen and oxygen atoms in total. The molecule has 1 N–H and O–H groups in total. The Bertz CT molecular complexity index is 1000. The third-order valence-corrected chi connectivity index (χ3v) is 6.49. The molecule has 3 fully saturated rings. The van der Waals surface area contributed by atoms with Gasteiger partial charge in [0.2, 0.25) is 5.91 Å². The van der Waals surface area contributed by atoms with Gasteiger partial charge in [0.1, 0.15) is 5.60 Å². The van der Waals surface area contributed by atoms with E-state index in [4.69, 9.17) is 4.74 Å². The number of nitrogens with one attached hydrogen (secondary N) is 1. The Balaban J connectivity index is 1.33. The summed E-state index contributed by atoms with van der Waals surface area (Å²) in [7, 11) is 0. The molecule has 4 rings (SSSR count). The number of carbonyl (C=O) groups is 4. The molecule has 33 heavy (non-hydrogen) atoms. The summed E-state index contributed by atoms with van der Waals surface area (Å²) in [6.45, 7) is 8.73. The Morgan fingerprint density at radius 3 is 2.33 bits per heavy atom. The van der Waals surface area contributed by atoms with Crippen LogP contribution in [0.4, 0.5) is 15.3 Å². The van der Waals surface area contributed by atoms with Gasteiger partial charge < -0.3 is 19.4 Å². The number of carbonyl (C=O) groups excluding carboxylic acids is 4. The molecule has 1 aromatic rings. The van der Waals surface area contributed by atoms with Gasteiger partial charge in [-0.05, 0) is 50.2 Å². The number of amides is 4. The molecule has 0 aliphatic carbocycles. The number of para-hydroxylation sites is 1. The van der Waals surface area contributed by atoms with Crippen LogP contribution in [0.15, 0.2) is 29.2 Å². The number of imide groups is 1. The van der Waals surface area contributed by atoms with Gasteiger partial charge in [-0.2, -0.15) is 0 Å². The zero-order valence-corrected chi connectivity index (χ0v) is 19.8. The quantitative estimate of drug-likeness (QED) is 0.675. The van der Waals surface area contributed by atoms with Crippen molar-refractivity contribution in [1.29, 1.82) is 0 Å². The van der Waals surface area contributed by atoms with Gasteiger partial charge in [0.05, 0.1) is 10.8 Å². The second kappa shape index (κ2) is 9.09. The van der Waals surface area contributed by atoms with Crippen molar-refractivity contribution in [3.05, 3.63) is 34.7 Å². The van der Waals surface area contributed by atoms with Crippen LogP contribution in [0, 0.1) is 5.92 Å². The first kappa shape index (κ1) is 23.2. The number of benzene rings is 1. The molecule has 0 atom stereocenters. The summed E-state index contributed by atoms with van der Waals surface area (Å²) in [5.41, 5.74) is 1.27. The molecule has 10 heteroatoms. The molecule has 0 aromatic heterocycles. The molecule has 3 aliphatic heterocycles. The van der Waals surface area contributed by atoms with Crippen molar-refractivity contribution < 1.29 is 23.9 Å². The van der Waals surface area contributed by atoms with E-state index in [0.29, 0.717) is 44.2 Å². The summed E-state index contributed by atoms with van der Waals surface area (Å²) in [4.78, 5) is 54.3. The van der Waals surface area contributed by atoms with Gasteiger partial charge in [0.25, 0.3) is 11.1 Å². The second-order valence-corrected chi connectivity index (χ2v) is 10.3. The van der Waals surface area contributed by atoms with E-state index in [1.165, 1.54) is 0 Å². The minimum Gasteiger partial charge on any atom is -0.444 e. The van der Waals surface area contributed by atoms with Gasteiger partial charge in [-0.3, -0.25) is 19.7 Å². The molecule has 1 aromatic carbocycles. The highest BCUT2D eigenvalue weighted by molar-refractivity contribution is 8.18. The number of hydrogen-bond donors (Lipinski definition) is 1. The van der Waals surface area contributed by atoms with Crippen LogP contribution in [0.2, 0.25) is 0 Å². The monoisotopic (exact) mass is 472 g/mol. The standard InChI is InChI=1S/C23H28N4O5S/c1-23(2,3)32-22(31)27-13-16(14-27)20(29)26-10-8-25(9-11-26)17-7-5-4-6-15(17)12-18-19(28)24-21(30)33-18/h4-7,12,16H,8-11,13-14H2,1-3H3,(H,24,28,30)/b18-12-. The van der Waals surface area contributed by atoms with Gasteiger partial charge in [0.15, 0.2) is 0 Å². The van der Waals surface area contributed by atoms with Crippen LogP contribution < -0.4 is 10.2 Å². The number of anilines is 1. The van der Waals surface area contributed by atoms with Gasteiger partial charge >= 0.3 is 6.09 Å². The molecule has 3 heterocycles. The molecule has 4 amide bonds. The topological polar surface area (TPSA) is 99.3 Å². The molecule has 0 unspecified atom stereocenters. The van der Waals surface area contributed by atoms with Crippen LogP contribution in [0.5, 0.6) is 0 Å².